The highest BCUT2D eigenvalue weighted by Crippen LogP contribution is 2.28. The molecule has 4 amide bonds. The summed E-state index contributed by atoms with van der Waals surface area (Å²) in [6.07, 6.45) is 8.44. The Labute approximate surface area is 151 Å². The Bertz CT molecular complexity index is 494. The Morgan fingerprint density at radius 2 is 1.72 bits per heavy atom. The molecular formula is C19H33N3O3. The van der Waals surface area contributed by atoms with E-state index in [-0.39, 0.29) is 24.4 Å². The monoisotopic (exact) mass is 351 g/mol. The zero-order chi connectivity index (χ0) is 18.4. The Hall–Kier alpha value is -1.59. The summed E-state index contributed by atoms with van der Waals surface area (Å²) in [6, 6.07) is -0.164. The van der Waals surface area contributed by atoms with E-state index in [0.717, 1.165) is 43.4 Å². The van der Waals surface area contributed by atoms with Crippen LogP contribution < -0.4 is 5.32 Å². The number of urea groups is 1. The molecule has 1 aliphatic heterocycles. The van der Waals surface area contributed by atoms with Gasteiger partial charge in [-0.2, -0.15) is 0 Å². The largest absolute Gasteiger partial charge is 0.338 e. The van der Waals surface area contributed by atoms with E-state index in [9.17, 15) is 14.4 Å². The molecule has 0 bridgehead atoms. The van der Waals surface area contributed by atoms with Crippen LogP contribution in [0.4, 0.5) is 4.79 Å². The third-order valence-corrected chi connectivity index (χ3v) is 5.57. The van der Waals surface area contributed by atoms with E-state index in [2.05, 4.69) is 5.32 Å². The maximum absolute atomic E-state index is 12.9. The first-order chi connectivity index (χ1) is 12.0. The summed E-state index contributed by atoms with van der Waals surface area (Å²) in [5, 5.41) is 2.88. The fraction of sp³-hybridized carbons (Fsp3) is 0.842. The molecule has 25 heavy (non-hydrogen) atoms. The minimum absolute atomic E-state index is 0.110. The van der Waals surface area contributed by atoms with E-state index in [1.807, 2.05) is 25.7 Å². The van der Waals surface area contributed by atoms with Crippen molar-refractivity contribution in [3.05, 3.63) is 0 Å². The van der Waals surface area contributed by atoms with Crippen LogP contribution in [0.1, 0.15) is 78.6 Å². The second-order valence-electron chi connectivity index (χ2n) is 7.38. The van der Waals surface area contributed by atoms with Gasteiger partial charge in [0.15, 0.2) is 0 Å². The maximum Gasteiger partial charge on any atom is 0.325 e. The normalized spacial score (nSPS) is 20.7. The van der Waals surface area contributed by atoms with Crippen LogP contribution >= 0.6 is 0 Å². The number of hydrogen-bond donors (Lipinski definition) is 1. The molecule has 2 rings (SSSR count). The number of rotatable bonds is 8. The van der Waals surface area contributed by atoms with E-state index in [4.69, 9.17) is 0 Å². The van der Waals surface area contributed by atoms with E-state index in [1.165, 1.54) is 6.42 Å². The SMILES string of the molecule is CCCC1(CCC)NC(=O)N(CC(=O)N(CC)C2CCCCC2)C1=O. The second-order valence-corrected chi connectivity index (χ2v) is 7.38. The average molecular weight is 351 g/mol. The molecule has 1 saturated heterocycles. The molecule has 0 aromatic carbocycles. The topological polar surface area (TPSA) is 69.7 Å². The standard InChI is InChI=1S/C19H33N3O3/c1-4-12-19(13-5-2)17(24)22(18(25)20-19)14-16(23)21(6-3)15-10-8-7-9-11-15/h15H,4-14H2,1-3H3,(H,20,25). The van der Waals surface area contributed by atoms with Crippen molar-refractivity contribution in [3.63, 3.8) is 0 Å². The molecule has 1 aliphatic carbocycles. The lowest BCUT2D eigenvalue weighted by Crippen LogP contribution is -2.49. The summed E-state index contributed by atoms with van der Waals surface area (Å²) in [7, 11) is 0. The summed E-state index contributed by atoms with van der Waals surface area (Å²) < 4.78 is 0. The molecule has 1 heterocycles. The van der Waals surface area contributed by atoms with Gasteiger partial charge in [0.2, 0.25) is 5.91 Å². The lowest BCUT2D eigenvalue weighted by Gasteiger charge is -2.34. The molecule has 0 unspecified atom stereocenters. The molecule has 142 valence electrons. The van der Waals surface area contributed by atoms with Gasteiger partial charge >= 0.3 is 6.03 Å². The highest BCUT2D eigenvalue weighted by molar-refractivity contribution is 6.09. The Morgan fingerprint density at radius 1 is 1.12 bits per heavy atom. The van der Waals surface area contributed by atoms with Gasteiger partial charge in [-0.25, -0.2) is 4.79 Å². The van der Waals surface area contributed by atoms with E-state index < -0.39 is 11.6 Å². The van der Waals surface area contributed by atoms with Crippen LogP contribution in [0.2, 0.25) is 0 Å². The molecular weight excluding hydrogens is 318 g/mol. The number of hydrogen-bond acceptors (Lipinski definition) is 3. The molecule has 0 radical (unpaired) electrons. The van der Waals surface area contributed by atoms with Gasteiger partial charge in [-0.1, -0.05) is 46.0 Å². The van der Waals surface area contributed by atoms with Crippen molar-refractivity contribution in [1.29, 1.82) is 0 Å². The van der Waals surface area contributed by atoms with Crippen molar-refractivity contribution in [2.45, 2.75) is 90.1 Å². The predicted molar refractivity (Wildman–Crippen MR) is 97.1 cm³/mol. The first-order valence-electron chi connectivity index (χ1n) is 9.92. The van der Waals surface area contributed by atoms with Gasteiger partial charge in [0.05, 0.1) is 0 Å². The third kappa shape index (κ3) is 4.15. The highest BCUT2D eigenvalue weighted by Gasteiger charge is 2.50. The van der Waals surface area contributed by atoms with Crippen molar-refractivity contribution in [1.82, 2.24) is 15.1 Å². The van der Waals surface area contributed by atoms with Crippen LogP contribution in [0.25, 0.3) is 0 Å². The molecule has 1 saturated carbocycles. The smallest absolute Gasteiger partial charge is 0.325 e. The van der Waals surface area contributed by atoms with Crippen molar-refractivity contribution in [3.8, 4) is 0 Å². The summed E-state index contributed by atoms with van der Waals surface area (Å²) in [6.45, 7) is 6.47. The first-order valence-corrected chi connectivity index (χ1v) is 9.92. The number of carbonyl (C=O) groups excluding carboxylic acids is 3. The highest BCUT2D eigenvalue weighted by atomic mass is 16.2. The van der Waals surface area contributed by atoms with Gasteiger partial charge in [0.25, 0.3) is 5.91 Å². The minimum atomic E-state index is -0.817. The fourth-order valence-electron chi connectivity index (χ4n) is 4.39. The second kappa shape index (κ2) is 8.68. The maximum atomic E-state index is 12.9. The van der Waals surface area contributed by atoms with Crippen molar-refractivity contribution >= 4 is 17.8 Å². The number of imide groups is 1. The van der Waals surface area contributed by atoms with Gasteiger partial charge < -0.3 is 10.2 Å². The van der Waals surface area contributed by atoms with Crippen molar-refractivity contribution < 1.29 is 14.4 Å². The zero-order valence-corrected chi connectivity index (χ0v) is 16.0. The minimum Gasteiger partial charge on any atom is -0.338 e. The summed E-state index contributed by atoms with van der Waals surface area (Å²) >= 11 is 0. The van der Waals surface area contributed by atoms with Gasteiger partial charge in [-0.05, 0) is 32.6 Å². The number of amides is 4. The molecule has 0 spiro atoms. The summed E-state index contributed by atoms with van der Waals surface area (Å²) in [5.41, 5.74) is -0.817. The molecule has 1 N–H and O–H groups in total. The molecule has 2 aliphatic rings. The predicted octanol–water partition coefficient (Wildman–Crippen LogP) is 3.06. The average Bonchev–Trinajstić information content (AvgIpc) is 2.82. The summed E-state index contributed by atoms with van der Waals surface area (Å²) in [5.74, 6) is -0.337. The molecule has 2 fully saturated rings. The molecule has 0 aromatic rings. The molecule has 0 aromatic heterocycles. The first kappa shape index (κ1) is 19.7. The Balaban J connectivity index is 2.08. The van der Waals surface area contributed by atoms with Crippen molar-refractivity contribution in [2.75, 3.05) is 13.1 Å². The van der Waals surface area contributed by atoms with E-state index in [1.54, 1.807) is 0 Å². The molecule has 6 nitrogen and oxygen atoms in total. The van der Waals surface area contributed by atoms with Crippen LogP contribution in [-0.2, 0) is 9.59 Å². The lowest BCUT2D eigenvalue weighted by molar-refractivity contribution is -0.140. The van der Waals surface area contributed by atoms with Gasteiger partial charge in [0, 0.05) is 12.6 Å². The summed E-state index contributed by atoms with van der Waals surface area (Å²) in [4.78, 5) is 41.1. The van der Waals surface area contributed by atoms with Crippen LogP contribution in [0, 0.1) is 0 Å². The van der Waals surface area contributed by atoms with Crippen LogP contribution in [0.3, 0.4) is 0 Å². The third-order valence-electron chi connectivity index (χ3n) is 5.57. The van der Waals surface area contributed by atoms with Gasteiger partial charge in [-0.15, -0.1) is 0 Å². The van der Waals surface area contributed by atoms with Crippen molar-refractivity contribution in [2.24, 2.45) is 0 Å². The van der Waals surface area contributed by atoms with Gasteiger partial charge in [-0.3, -0.25) is 14.5 Å². The van der Waals surface area contributed by atoms with Crippen LogP contribution in [0.15, 0.2) is 0 Å². The Kier molecular flexibility index (Phi) is 6.85. The fourth-order valence-corrected chi connectivity index (χ4v) is 4.39. The lowest BCUT2D eigenvalue weighted by atomic mass is 9.88. The Morgan fingerprint density at radius 3 is 2.24 bits per heavy atom. The zero-order valence-electron chi connectivity index (χ0n) is 16.0. The van der Waals surface area contributed by atoms with E-state index in [0.29, 0.717) is 19.4 Å². The van der Waals surface area contributed by atoms with Crippen LogP contribution in [-0.4, -0.2) is 52.3 Å². The number of nitrogens with one attached hydrogen (secondary N) is 1. The van der Waals surface area contributed by atoms with Gasteiger partial charge in [0.1, 0.15) is 12.1 Å². The van der Waals surface area contributed by atoms with E-state index >= 15 is 0 Å². The van der Waals surface area contributed by atoms with Crippen LogP contribution in [0.5, 0.6) is 0 Å². The molecule has 0 atom stereocenters. The number of carbonyl (C=O) groups is 3. The quantitative estimate of drug-likeness (QED) is 0.683. The molecule has 6 heteroatoms. The number of likely N-dealkylation sites (N-methyl/N-ethyl adjacent to an activating group) is 1. The number of nitrogens with zero attached hydrogens (tertiary/aromatic N) is 2.